The van der Waals surface area contributed by atoms with Crippen molar-refractivity contribution in [2.75, 3.05) is 6.61 Å². The van der Waals surface area contributed by atoms with Gasteiger partial charge in [-0.3, -0.25) is 0 Å². The van der Waals surface area contributed by atoms with Crippen LogP contribution in [0.1, 0.15) is 37.8 Å². The largest absolute Gasteiger partial charge is 0.385 e. The smallest absolute Gasteiger partial charge is 0.0946 e. The standard InChI is InChI=1S/C14H19ClO2/c1-10-4-5-11(8-12(10)15)14(16)6-7-17-13(2,3)9-14/h4-5,8,16H,6-7,9H2,1-3H3. The van der Waals surface area contributed by atoms with E-state index in [2.05, 4.69) is 0 Å². The van der Waals surface area contributed by atoms with Gasteiger partial charge in [-0.05, 0) is 38.0 Å². The van der Waals surface area contributed by atoms with Crippen molar-refractivity contribution in [3.8, 4) is 0 Å². The Morgan fingerprint density at radius 3 is 2.65 bits per heavy atom. The molecule has 94 valence electrons. The third-order valence-electron chi connectivity index (χ3n) is 3.44. The maximum Gasteiger partial charge on any atom is 0.0946 e. The molecule has 17 heavy (non-hydrogen) atoms. The van der Waals surface area contributed by atoms with E-state index in [1.54, 1.807) is 0 Å². The maximum atomic E-state index is 10.8. The van der Waals surface area contributed by atoms with Gasteiger partial charge in [0.15, 0.2) is 0 Å². The Labute approximate surface area is 108 Å². The summed E-state index contributed by atoms with van der Waals surface area (Å²) in [7, 11) is 0. The molecule has 1 heterocycles. The summed E-state index contributed by atoms with van der Waals surface area (Å²) < 4.78 is 5.64. The van der Waals surface area contributed by atoms with E-state index in [9.17, 15) is 5.11 Å². The molecule has 1 atom stereocenters. The van der Waals surface area contributed by atoms with E-state index in [4.69, 9.17) is 16.3 Å². The van der Waals surface area contributed by atoms with E-state index in [0.29, 0.717) is 24.5 Å². The number of hydrogen-bond acceptors (Lipinski definition) is 2. The van der Waals surface area contributed by atoms with Crippen molar-refractivity contribution in [3.63, 3.8) is 0 Å². The average Bonchev–Trinajstić information content (AvgIpc) is 2.20. The SMILES string of the molecule is Cc1ccc(C2(O)CCOC(C)(C)C2)cc1Cl. The number of rotatable bonds is 1. The topological polar surface area (TPSA) is 29.5 Å². The molecule has 1 aliphatic heterocycles. The Balaban J connectivity index is 2.34. The predicted octanol–water partition coefficient (Wildman–Crippen LogP) is 3.43. The number of halogens is 1. The molecule has 2 nitrogen and oxygen atoms in total. The van der Waals surface area contributed by atoms with Crippen molar-refractivity contribution in [2.45, 2.75) is 44.8 Å². The van der Waals surface area contributed by atoms with Gasteiger partial charge in [0.05, 0.1) is 17.8 Å². The molecule has 0 aromatic heterocycles. The second kappa shape index (κ2) is 4.27. The third kappa shape index (κ3) is 2.65. The summed E-state index contributed by atoms with van der Waals surface area (Å²) in [6.07, 6.45) is 1.22. The van der Waals surface area contributed by atoms with Gasteiger partial charge in [-0.2, -0.15) is 0 Å². The van der Waals surface area contributed by atoms with Gasteiger partial charge in [-0.15, -0.1) is 0 Å². The van der Waals surface area contributed by atoms with Crippen LogP contribution < -0.4 is 0 Å². The van der Waals surface area contributed by atoms with Gasteiger partial charge in [-0.25, -0.2) is 0 Å². The first-order chi connectivity index (χ1) is 7.82. The van der Waals surface area contributed by atoms with Gasteiger partial charge in [-0.1, -0.05) is 23.7 Å². The van der Waals surface area contributed by atoms with Crippen molar-refractivity contribution in [1.82, 2.24) is 0 Å². The van der Waals surface area contributed by atoms with Crippen molar-refractivity contribution in [3.05, 3.63) is 34.3 Å². The molecule has 1 N–H and O–H groups in total. The molecule has 1 aliphatic rings. The summed E-state index contributed by atoms with van der Waals surface area (Å²) in [6, 6.07) is 5.79. The summed E-state index contributed by atoms with van der Waals surface area (Å²) >= 11 is 6.12. The van der Waals surface area contributed by atoms with Crippen LogP contribution in [0.5, 0.6) is 0 Å². The van der Waals surface area contributed by atoms with Crippen LogP contribution in [0.25, 0.3) is 0 Å². The summed E-state index contributed by atoms with van der Waals surface area (Å²) in [5, 5.41) is 11.5. The first-order valence-corrected chi connectivity index (χ1v) is 6.33. The number of hydrogen-bond donors (Lipinski definition) is 1. The first-order valence-electron chi connectivity index (χ1n) is 5.95. The minimum atomic E-state index is -0.820. The molecule has 1 unspecified atom stereocenters. The molecular formula is C14H19ClO2. The lowest BCUT2D eigenvalue weighted by atomic mass is 9.79. The molecule has 0 amide bonds. The zero-order chi connectivity index (χ0) is 12.7. The van der Waals surface area contributed by atoms with Crippen LogP contribution in [0.4, 0.5) is 0 Å². The molecule has 0 spiro atoms. The lowest BCUT2D eigenvalue weighted by molar-refractivity contribution is -0.148. The van der Waals surface area contributed by atoms with Gasteiger partial charge in [0, 0.05) is 17.9 Å². The third-order valence-corrected chi connectivity index (χ3v) is 3.84. The van der Waals surface area contributed by atoms with Crippen LogP contribution in [-0.2, 0) is 10.3 Å². The zero-order valence-electron chi connectivity index (χ0n) is 10.6. The lowest BCUT2D eigenvalue weighted by Gasteiger charge is -2.42. The molecule has 0 saturated carbocycles. The number of benzene rings is 1. The molecule has 1 fully saturated rings. The highest BCUT2D eigenvalue weighted by Crippen LogP contribution is 2.40. The quantitative estimate of drug-likeness (QED) is 0.832. The summed E-state index contributed by atoms with van der Waals surface area (Å²) in [6.45, 7) is 6.55. The Kier molecular flexibility index (Phi) is 3.23. The van der Waals surface area contributed by atoms with Gasteiger partial charge in [0.25, 0.3) is 0 Å². The van der Waals surface area contributed by atoms with Gasteiger partial charge >= 0.3 is 0 Å². The average molecular weight is 255 g/mol. The first kappa shape index (κ1) is 12.9. The molecule has 3 heteroatoms. The van der Waals surface area contributed by atoms with Crippen LogP contribution in [-0.4, -0.2) is 17.3 Å². The van der Waals surface area contributed by atoms with Crippen LogP contribution in [0, 0.1) is 6.92 Å². The van der Waals surface area contributed by atoms with Crippen LogP contribution in [0.15, 0.2) is 18.2 Å². The molecule has 1 aromatic carbocycles. The van der Waals surface area contributed by atoms with Crippen molar-refractivity contribution < 1.29 is 9.84 Å². The van der Waals surface area contributed by atoms with Gasteiger partial charge in [0.1, 0.15) is 0 Å². The monoisotopic (exact) mass is 254 g/mol. The predicted molar refractivity (Wildman–Crippen MR) is 69.4 cm³/mol. The van der Waals surface area contributed by atoms with E-state index in [-0.39, 0.29) is 5.60 Å². The van der Waals surface area contributed by atoms with E-state index in [1.165, 1.54) is 0 Å². The number of ether oxygens (including phenoxy) is 1. The van der Waals surface area contributed by atoms with Crippen molar-refractivity contribution >= 4 is 11.6 Å². The lowest BCUT2D eigenvalue weighted by Crippen LogP contribution is -2.43. The van der Waals surface area contributed by atoms with Crippen LogP contribution >= 0.6 is 11.6 Å². The minimum Gasteiger partial charge on any atom is -0.385 e. The molecular weight excluding hydrogens is 236 g/mol. The fourth-order valence-electron chi connectivity index (χ4n) is 2.47. The van der Waals surface area contributed by atoms with Gasteiger partial charge in [0.2, 0.25) is 0 Å². The van der Waals surface area contributed by atoms with E-state index in [0.717, 1.165) is 11.1 Å². The Hall–Kier alpha value is -0.570. The van der Waals surface area contributed by atoms with Crippen molar-refractivity contribution in [1.29, 1.82) is 0 Å². The second-order valence-corrected chi connectivity index (χ2v) is 5.94. The Bertz CT molecular complexity index is 428. The second-order valence-electron chi connectivity index (χ2n) is 5.53. The fourth-order valence-corrected chi connectivity index (χ4v) is 2.65. The van der Waals surface area contributed by atoms with E-state index < -0.39 is 5.60 Å². The van der Waals surface area contributed by atoms with E-state index in [1.807, 2.05) is 39.0 Å². The Morgan fingerprint density at radius 2 is 2.06 bits per heavy atom. The van der Waals surface area contributed by atoms with Crippen LogP contribution in [0.3, 0.4) is 0 Å². The zero-order valence-corrected chi connectivity index (χ0v) is 11.3. The van der Waals surface area contributed by atoms with Crippen molar-refractivity contribution in [2.24, 2.45) is 0 Å². The molecule has 2 rings (SSSR count). The molecule has 0 radical (unpaired) electrons. The normalized spacial score (nSPS) is 28.1. The highest BCUT2D eigenvalue weighted by atomic mass is 35.5. The minimum absolute atomic E-state index is 0.287. The fraction of sp³-hybridized carbons (Fsp3) is 0.571. The summed E-state index contributed by atoms with van der Waals surface area (Å²) in [4.78, 5) is 0. The molecule has 0 aliphatic carbocycles. The van der Waals surface area contributed by atoms with Crippen LogP contribution in [0.2, 0.25) is 5.02 Å². The van der Waals surface area contributed by atoms with Gasteiger partial charge < -0.3 is 9.84 Å². The molecule has 0 bridgehead atoms. The molecule has 1 saturated heterocycles. The van der Waals surface area contributed by atoms with E-state index >= 15 is 0 Å². The number of aryl methyl sites for hydroxylation is 1. The maximum absolute atomic E-state index is 10.8. The highest BCUT2D eigenvalue weighted by Gasteiger charge is 2.40. The summed E-state index contributed by atoms with van der Waals surface area (Å²) in [5.41, 5.74) is 0.818. The highest BCUT2D eigenvalue weighted by molar-refractivity contribution is 6.31. The Morgan fingerprint density at radius 1 is 1.35 bits per heavy atom. The number of aliphatic hydroxyl groups is 1. The molecule has 1 aromatic rings. The summed E-state index contributed by atoms with van der Waals surface area (Å²) in [5.74, 6) is 0.